The largest absolute Gasteiger partial charge is 0.348 e. The van der Waals surface area contributed by atoms with Crippen molar-refractivity contribution < 1.29 is 10.3 Å². The summed E-state index contributed by atoms with van der Waals surface area (Å²) in [6.07, 6.45) is 4.80. The summed E-state index contributed by atoms with van der Waals surface area (Å²) in [6.45, 7) is 0. The van der Waals surface area contributed by atoms with E-state index in [0.717, 1.165) is 11.3 Å². The van der Waals surface area contributed by atoms with Crippen LogP contribution >= 0.6 is 0 Å². The van der Waals surface area contributed by atoms with Crippen molar-refractivity contribution in [2.45, 2.75) is 18.9 Å². The molecule has 0 aliphatic rings. The molecule has 2 heterocycles. The highest BCUT2D eigenvalue weighted by molar-refractivity contribution is 5.18. The quantitative estimate of drug-likeness (QED) is 0.720. The summed E-state index contributed by atoms with van der Waals surface area (Å²) in [5, 5.41) is 4.01. The Morgan fingerprint density at radius 2 is 2.10 bits per heavy atom. The molecule has 0 radical (unpaired) electrons. The molecule has 6 nitrogen and oxygen atoms in total. The van der Waals surface area contributed by atoms with Crippen LogP contribution in [-0.2, 0) is 12.8 Å². The van der Waals surface area contributed by atoms with Crippen molar-refractivity contribution in [1.29, 1.82) is 0 Å². The van der Waals surface area contributed by atoms with Crippen molar-refractivity contribution in [3.8, 4) is 0 Å². The van der Waals surface area contributed by atoms with Gasteiger partial charge in [0.15, 0.2) is 11.9 Å². The fourth-order valence-corrected chi connectivity index (χ4v) is 2.03. The lowest BCUT2D eigenvalue weighted by molar-refractivity contribution is -0.431. The molecule has 0 amide bonds. The number of benzene rings is 1. The molecule has 1 atom stereocenters. The predicted molar refractivity (Wildman–Crippen MR) is 71.5 cm³/mol. The van der Waals surface area contributed by atoms with Crippen molar-refractivity contribution in [2.75, 3.05) is 0 Å². The Morgan fingerprint density at radius 3 is 2.85 bits per heavy atom. The second kappa shape index (κ2) is 5.66. The van der Waals surface area contributed by atoms with Crippen LogP contribution in [0.3, 0.4) is 0 Å². The van der Waals surface area contributed by atoms with Crippen LogP contribution < -0.4 is 5.73 Å². The first kappa shape index (κ1) is 12.6. The van der Waals surface area contributed by atoms with E-state index >= 15 is 0 Å². The van der Waals surface area contributed by atoms with Crippen molar-refractivity contribution in [3.63, 3.8) is 0 Å². The van der Waals surface area contributed by atoms with Crippen molar-refractivity contribution >= 4 is 0 Å². The molecule has 1 aromatic carbocycles. The minimum absolute atomic E-state index is 0.0764. The number of quaternary nitrogens is 1. The van der Waals surface area contributed by atoms with Gasteiger partial charge in [-0.25, -0.2) is 4.98 Å². The van der Waals surface area contributed by atoms with Crippen LogP contribution in [0.1, 0.15) is 29.0 Å². The lowest BCUT2D eigenvalue weighted by atomic mass is 10.1. The Morgan fingerprint density at radius 1 is 1.25 bits per heavy atom. The van der Waals surface area contributed by atoms with Crippen LogP contribution in [0.2, 0.25) is 0 Å². The highest BCUT2D eigenvalue weighted by Crippen LogP contribution is 2.12. The Balaban J connectivity index is 1.67. The highest BCUT2D eigenvalue weighted by Gasteiger charge is 2.19. The first-order valence-corrected chi connectivity index (χ1v) is 6.48. The lowest BCUT2D eigenvalue weighted by Gasteiger charge is -2.00. The second-order valence-corrected chi connectivity index (χ2v) is 4.69. The normalized spacial score (nSPS) is 12.4. The molecule has 2 aromatic heterocycles. The average Bonchev–Trinajstić information content (AvgIpc) is 3.11. The molecule has 0 fully saturated rings. The molecule has 3 rings (SSSR count). The molecule has 4 N–H and O–H groups in total. The van der Waals surface area contributed by atoms with Gasteiger partial charge < -0.3 is 15.2 Å². The minimum atomic E-state index is -0.0764. The third kappa shape index (κ3) is 2.92. The Labute approximate surface area is 116 Å². The molecule has 102 valence electrons. The zero-order chi connectivity index (χ0) is 13.8. The first-order chi connectivity index (χ1) is 9.81. The molecule has 3 aromatic rings. The van der Waals surface area contributed by atoms with E-state index in [9.17, 15) is 0 Å². The van der Waals surface area contributed by atoms with E-state index in [0.29, 0.717) is 24.6 Å². The number of hydrogen-bond acceptors (Lipinski definition) is 4. The molecule has 6 heteroatoms. The van der Waals surface area contributed by atoms with E-state index in [4.69, 9.17) is 4.52 Å². The number of aromatic nitrogens is 4. The Bertz CT molecular complexity index is 647. The van der Waals surface area contributed by atoms with Crippen LogP contribution in [0.4, 0.5) is 0 Å². The molecular weight excluding hydrogens is 254 g/mol. The fraction of sp³-hybridized carbons (Fsp3) is 0.214. The minimum Gasteiger partial charge on any atom is -0.348 e. The van der Waals surface area contributed by atoms with E-state index in [-0.39, 0.29) is 6.04 Å². The van der Waals surface area contributed by atoms with E-state index in [1.807, 2.05) is 30.3 Å². The molecule has 1 unspecified atom stereocenters. The van der Waals surface area contributed by atoms with Crippen LogP contribution in [0.25, 0.3) is 0 Å². The smallest absolute Gasteiger partial charge is 0.285 e. The van der Waals surface area contributed by atoms with Gasteiger partial charge in [-0.3, -0.25) is 0 Å². The molecule has 0 aliphatic heterocycles. The molecule has 0 aliphatic carbocycles. The summed E-state index contributed by atoms with van der Waals surface area (Å²) in [7, 11) is 0. The van der Waals surface area contributed by atoms with Crippen LogP contribution in [0, 0.1) is 0 Å². The van der Waals surface area contributed by atoms with Gasteiger partial charge in [0.05, 0.1) is 12.7 Å². The third-order valence-electron chi connectivity index (χ3n) is 3.06. The monoisotopic (exact) mass is 270 g/mol. The van der Waals surface area contributed by atoms with Crippen LogP contribution in [-0.4, -0.2) is 20.1 Å². The highest BCUT2D eigenvalue weighted by atomic mass is 16.5. The lowest BCUT2D eigenvalue weighted by Crippen LogP contribution is -2.54. The van der Waals surface area contributed by atoms with Gasteiger partial charge in [-0.15, -0.1) is 0 Å². The predicted octanol–water partition coefficient (Wildman–Crippen LogP) is 0.909. The van der Waals surface area contributed by atoms with E-state index in [1.165, 1.54) is 0 Å². The van der Waals surface area contributed by atoms with Crippen molar-refractivity contribution in [3.05, 3.63) is 65.8 Å². The standard InChI is InChI=1S/C14H15N5O/c15-12(7-11-8-16-9-17-11)14-18-13(19-20-14)6-10-4-2-1-3-5-10/h1-5,8-9,12H,6-7,15H2,(H,16,17)/p+1. The number of H-pyrrole nitrogens is 1. The molecule has 0 bridgehead atoms. The van der Waals surface area contributed by atoms with Gasteiger partial charge in [-0.1, -0.05) is 35.5 Å². The molecule has 20 heavy (non-hydrogen) atoms. The van der Waals surface area contributed by atoms with Crippen molar-refractivity contribution in [2.24, 2.45) is 0 Å². The van der Waals surface area contributed by atoms with Gasteiger partial charge in [0.25, 0.3) is 5.89 Å². The zero-order valence-corrected chi connectivity index (χ0v) is 11.0. The second-order valence-electron chi connectivity index (χ2n) is 4.69. The number of aromatic amines is 1. The first-order valence-electron chi connectivity index (χ1n) is 6.48. The van der Waals surface area contributed by atoms with E-state index in [1.54, 1.807) is 12.5 Å². The summed E-state index contributed by atoms with van der Waals surface area (Å²) in [5.74, 6) is 1.25. The topological polar surface area (TPSA) is 95.2 Å². The van der Waals surface area contributed by atoms with Gasteiger partial charge >= 0.3 is 0 Å². The van der Waals surface area contributed by atoms with Gasteiger partial charge in [0.1, 0.15) is 0 Å². The van der Waals surface area contributed by atoms with Gasteiger partial charge in [0.2, 0.25) is 0 Å². The number of nitrogens with zero attached hydrogens (tertiary/aromatic N) is 3. The van der Waals surface area contributed by atoms with Gasteiger partial charge in [-0.2, -0.15) is 4.98 Å². The molecule has 0 saturated heterocycles. The molecule has 0 spiro atoms. The zero-order valence-electron chi connectivity index (χ0n) is 11.0. The van der Waals surface area contributed by atoms with Crippen molar-refractivity contribution in [1.82, 2.24) is 20.1 Å². The Kier molecular flexibility index (Phi) is 3.56. The summed E-state index contributed by atoms with van der Waals surface area (Å²) < 4.78 is 5.29. The van der Waals surface area contributed by atoms with E-state index < -0.39 is 0 Å². The maximum atomic E-state index is 5.29. The number of hydrogen-bond donors (Lipinski definition) is 2. The van der Waals surface area contributed by atoms with Gasteiger partial charge in [-0.05, 0) is 5.56 Å². The third-order valence-corrected chi connectivity index (χ3v) is 3.06. The molecule has 0 saturated carbocycles. The fourth-order valence-electron chi connectivity index (χ4n) is 2.03. The summed E-state index contributed by atoms with van der Waals surface area (Å²) in [5.41, 5.74) is 6.23. The summed E-state index contributed by atoms with van der Waals surface area (Å²) in [4.78, 5) is 11.4. The Hall–Kier alpha value is -2.47. The van der Waals surface area contributed by atoms with E-state index in [2.05, 4.69) is 25.8 Å². The summed E-state index contributed by atoms with van der Waals surface area (Å²) in [6, 6.07) is 10.00. The van der Waals surface area contributed by atoms with Crippen LogP contribution in [0.15, 0.2) is 47.4 Å². The summed E-state index contributed by atoms with van der Waals surface area (Å²) >= 11 is 0. The van der Waals surface area contributed by atoms with Crippen LogP contribution in [0.5, 0.6) is 0 Å². The number of imidazole rings is 1. The maximum Gasteiger partial charge on any atom is 0.285 e. The number of rotatable bonds is 5. The average molecular weight is 270 g/mol. The maximum absolute atomic E-state index is 5.29. The molecular formula is C14H16N5O+. The number of nitrogens with one attached hydrogen (secondary N) is 1. The SMILES string of the molecule is [NH3+]C(Cc1cnc[nH]1)c1nc(Cc2ccccc2)no1. The van der Waals surface area contributed by atoms with Gasteiger partial charge in [0, 0.05) is 18.3 Å².